The molecule has 2 aromatic rings. The minimum absolute atomic E-state index is 0.0422. The highest BCUT2D eigenvalue weighted by Gasteiger charge is 2.31. The van der Waals surface area contributed by atoms with Crippen molar-refractivity contribution in [2.24, 2.45) is 5.92 Å². The van der Waals surface area contributed by atoms with Gasteiger partial charge in [0.25, 0.3) is 0 Å². The third-order valence-electron chi connectivity index (χ3n) is 5.55. The van der Waals surface area contributed by atoms with Gasteiger partial charge in [0.15, 0.2) is 0 Å². The van der Waals surface area contributed by atoms with Crippen LogP contribution >= 0.6 is 11.8 Å². The summed E-state index contributed by atoms with van der Waals surface area (Å²) in [5.74, 6) is -0.0742. The predicted octanol–water partition coefficient (Wildman–Crippen LogP) is 3.87. The number of piperidine rings is 1. The van der Waals surface area contributed by atoms with Crippen LogP contribution in [0.3, 0.4) is 0 Å². The normalized spacial score (nSPS) is 15.8. The molecule has 0 atom stereocenters. The molecule has 0 aromatic heterocycles. The van der Waals surface area contributed by atoms with E-state index < -0.39 is 10.0 Å². The fraction of sp³-hybridized carbons (Fsp3) is 0.435. The van der Waals surface area contributed by atoms with Crippen molar-refractivity contribution in [2.45, 2.75) is 42.4 Å². The number of nitrogens with one attached hydrogen (secondary N) is 1. The Morgan fingerprint density at radius 2 is 1.83 bits per heavy atom. The lowest BCUT2D eigenvalue weighted by molar-refractivity contribution is -0.126. The number of aryl methyl sites for hydroxylation is 2. The molecule has 1 heterocycles. The number of sulfonamides is 1. The molecule has 0 aliphatic carbocycles. The highest BCUT2D eigenvalue weighted by atomic mass is 32.2. The van der Waals surface area contributed by atoms with E-state index in [0.29, 0.717) is 37.4 Å². The highest BCUT2D eigenvalue weighted by molar-refractivity contribution is 7.98. The zero-order valence-corrected chi connectivity index (χ0v) is 19.3. The predicted molar refractivity (Wildman–Crippen MR) is 122 cm³/mol. The molecule has 1 aliphatic heterocycles. The Hall–Kier alpha value is -1.83. The summed E-state index contributed by atoms with van der Waals surface area (Å²) in [4.78, 5) is 13.8. The SMILES string of the molecule is CSc1ccc(S(=O)(=O)N2CCC(C(=O)NCCCc3cccc(C)c3)CC2)cc1. The van der Waals surface area contributed by atoms with E-state index in [1.165, 1.54) is 15.4 Å². The second kappa shape index (κ2) is 10.5. The second-order valence-corrected chi connectivity index (χ2v) is 10.6. The zero-order chi connectivity index (χ0) is 21.6. The lowest BCUT2D eigenvalue weighted by atomic mass is 9.97. The van der Waals surface area contributed by atoms with Crippen LogP contribution in [0.5, 0.6) is 0 Å². The topological polar surface area (TPSA) is 66.5 Å². The molecule has 0 saturated carbocycles. The molecule has 2 aromatic carbocycles. The Kier molecular flexibility index (Phi) is 7.97. The van der Waals surface area contributed by atoms with E-state index in [-0.39, 0.29) is 11.8 Å². The molecule has 7 heteroatoms. The van der Waals surface area contributed by atoms with Crippen LogP contribution in [0.1, 0.15) is 30.4 Å². The Bertz CT molecular complexity index is 951. The van der Waals surface area contributed by atoms with E-state index in [2.05, 4.69) is 36.5 Å². The lowest BCUT2D eigenvalue weighted by Gasteiger charge is -2.30. The van der Waals surface area contributed by atoms with E-state index in [4.69, 9.17) is 0 Å². The minimum atomic E-state index is -3.50. The molecule has 0 bridgehead atoms. The summed E-state index contributed by atoms with van der Waals surface area (Å²) in [5.41, 5.74) is 2.53. The van der Waals surface area contributed by atoms with Crippen molar-refractivity contribution in [2.75, 3.05) is 25.9 Å². The number of rotatable bonds is 8. The van der Waals surface area contributed by atoms with E-state index in [9.17, 15) is 13.2 Å². The van der Waals surface area contributed by atoms with Gasteiger partial charge in [0.05, 0.1) is 4.90 Å². The van der Waals surface area contributed by atoms with Gasteiger partial charge in [-0.05, 0) is 68.7 Å². The molecule has 5 nitrogen and oxygen atoms in total. The van der Waals surface area contributed by atoms with Crippen molar-refractivity contribution in [3.63, 3.8) is 0 Å². The van der Waals surface area contributed by atoms with Crippen LogP contribution in [0, 0.1) is 12.8 Å². The van der Waals surface area contributed by atoms with Gasteiger partial charge in [0.1, 0.15) is 0 Å². The fourth-order valence-electron chi connectivity index (χ4n) is 3.77. The molecule has 0 radical (unpaired) electrons. The minimum Gasteiger partial charge on any atom is -0.356 e. The smallest absolute Gasteiger partial charge is 0.243 e. The summed E-state index contributed by atoms with van der Waals surface area (Å²) in [6.45, 7) is 3.49. The molecule has 30 heavy (non-hydrogen) atoms. The summed E-state index contributed by atoms with van der Waals surface area (Å²) in [7, 11) is -3.50. The van der Waals surface area contributed by atoms with Gasteiger partial charge < -0.3 is 5.32 Å². The molecule has 3 rings (SSSR count). The Labute approximate surface area is 184 Å². The Morgan fingerprint density at radius 1 is 1.13 bits per heavy atom. The lowest BCUT2D eigenvalue weighted by Crippen LogP contribution is -2.43. The third kappa shape index (κ3) is 5.86. The Morgan fingerprint density at radius 3 is 2.47 bits per heavy atom. The molecule has 1 N–H and O–H groups in total. The van der Waals surface area contributed by atoms with E-state index in [1.807, 2.05) is 18.4 Å². The number of hydrogen-bond acceptors (Lipinski definition) is 4. The summed E-state index contributed by atoms with van der Waals surface area (Å²) < 4.78 is 27.2. The zero-order valence-electron chi connectivity index (χ0n) is 17.6. The average molecular weight is 447 g/mol. The van der Waals surface area contributed by atoms with E-state index >= 15 is 0 Å². The second-order valence-electron chi connectivity index (χ2n) is 7.74. The summed E-state index contributed by atoms with van der Waals surface area (Å²) in [5, 5.41) is 3.03. The van der Waals surface area contributed by atoms with Gasteiger partial charge in [-0.25, -0.2) is 8.42 Å². The molecule has 162 valence electrons. The number of carbonyl (C=O) groups excluding carboxylic acids is 1. The molecular formula is C23H30N2O3S2. The van der Waals surface area contributed by atoms with Crippen LogP contribution < -0.4 is 5.32 Å². The van der Waals surface area contributed by atoms with Crippen molar-refractivity contribution in [3.8, 4) is 0 Å². The number of amides is 1. The first-order valence-electron chi connectivity index (χ1n) is 10.4. The first-order valence-corrected chi connectivity index (χ1v) is 13.0. The molecule has 0 unspecified atom stereocenters. The van der Waals surface area contributed by atoms with Crippen molar-refractivity contribution in [3.05, 3.63) is 59.7 Å². The first kappa shape index (κ1) is 22.8. The molecule has 1 amide bonds. The summed E-state index contributed by atoms with van der Waals surface area (Å²) >= 11 is 1.58. The number of nitrogens with zero attached hydrogens (tertiary/aromatic N) is 1. The standard InChI is InChI=1S/C23H30N2O3S2/c1-18-5-3-6-19(17-18)7-4-14-24-23(26)20-12-15-25(16-13-20)30(27,28)22-10-8-21(29-2)9-11-22/h3,5-6,8-11,17,20H,4,7,12-16H2,1-2H3,(H,24,26). The van der Waals surface area contributed by atoms with Gasteiger partial charge in [-0.3, -0.25) is 4.79 Å². The number of carbonyl (C=O) groups is 1. The molecule has 1 aliphatic rings. The molecule has 1 fully saturated rings. The van der Waals surface area contributed by atoms with Crippen LogP contribution in [0.15, 0.2) is 58.3 Å². The first-order chi connectivity index (χ1) is 14.4. The van der Waals surface area contributed by atoms with Crippen molar-refractivity contribution >= 4 is 27.7 Å². The van der Waals surface area contributed by atoms with Crippen LogP contribution in [-0.4, -0.2) is 44.5 Å². The van der Waals surface area contributed by atoms with Crippen LogP contribution in [0.2, 0.25) is 0 Å². The van der Waals surface area contributed by atoms with Crippen LogP contribution in [0.4, 0.5) is 0 Å². The third-order valence-corrected chi connectivity index (χ3v) is 8.20. The molecular weight excluding hydrogens is 416 g/mol. The quantitative estimate of drug-likeness (QED) is 0.494. The Balaban J connectivity index is 1.44. The molecule has 1 saturated heterocycles. The summed E-state index contributed by atoms with van der Waals surface area (Å²) in [6.07, 6.45) is 4.92. The van der Waals surface area contributed by atoms with Crippen LogP contribution in [-0.2, 0) is 21.2 Å². The van der Waals surface area contributed by atoms with Gasteiger partial charge in [0, 0.05) is 30.4 Å². The maximum atomic E-state index is 12.9. The number of thioether (sulfide) groups is 1. The van der Waals surface area contributed by atoms with Gasteiger partial charge in [-0.1, -0.05) is 29.8 Å². The van der Waals surface area contributed by atoms with Gasteiger partial charge in [0.2, 0.25) is 15.9 Å². The maximum absolute atomic E-state index is 12.9. The fourth-order valence-corrected chi connectivity index (χ4v) is 5.65. The van der Waals surface area contributed by atoms with Gasteiger partial charge >= 0.3 is 0 Å². The largest absolute Gasteiger partial charge is 0.356 e. The van der Waals surface area contributed by atoms with E-state index in [0.717, 1.165) is 17.7 Å². The molecule has 0 spiro atoms. The van der Waals surface area contributed by atoms with Crippen molar-refractivity contribution < 1.29 is 13.2 Å². The van der Waals surface area contributed by atoms with Gasteiger partial charge in [-0.2, -0.15) is 4.31 Å². The summed E-state index contributed by atoms with van der Waals surface area (Å²) in [6, 6.07) is 15.4. The number of hydrogen-bond donors (Lipinski definition) is 1. The highest BCUT2D eigenvalue weighted by Crippen LogP contribution is 2.25. The average Bonchev–Trinajstić information content (AvgIpc) is 2.77. The van der Waals surface area contributed by atoms with Crippen molar-refractivity contribution in [1.82, 2.24) is 9.62 Å². The number of benzene rings is 2. The van der Waals surface area contributed by atoms with E-state index in [1.54, 1.807) is 23.9 Å². The van der Waals surface area contributed by atoms with Gasteiger partial charge in [-0.15, -0.1) is 11.8 Å². The monoisotopic (exact) mass is 446 g/mol. The van der Waals surface area contributed by atoms with Crippen LogP contribution in [0.25, 0.3) is 0 Å². The maximum Gasteiger partial charge on any atom is 0.243 e. The van der Waals surface area contributed by atoms with Crippen molar-refractivity contribution in [1.29, 1.82) is 0 Å².